The quantitative estimate of drug-likeness (QED) is 0.763. The molecule has 0 aromatic heterocycles. The number of nitrogens with one attached hydrogen (secondary N) is 1. The van der Waals surface area contributed by atoms with E-state index in [4.69, 9.17) is 4.74 Å². The predicted molar refractivity (Wildman–Crippen MR) is 117 cm³/mol. The van der Waals surface area contributed by atoms with Crippen LogP contribution in [0.3, 0.4) is 0 Å². The molecule has 0 aliphatic carbocycles. The molecule has 6 heteroatoms. The van der Waals surface area contributed by atoms with Crippen molar-refractivity contribution in [3.8, 4) is 0 Å². The summed E-state index contributed by atoms with van der Waals surface area (Å²) >= 11 is 0. The van der Waals surface area contributed by atoms with E-state index in [0.717, 1.165) is 24.0 Å². The molecule has 1 unspecified atom stereocenters. The van der Waals surface area contributed by atoms with Gasteiger partial charge < -0.3 is 19.9 Å². The van der Waals surface area contributed by atoms with E-state index >= 15 is 0 Å². The molecule has 1 N–H and O–H groups in total. The van der Waals surface area contributed by atoms with Gasteiger partial charge in [-0.15, -0.1) is 0 Å². The number of likely N-dealkylation sites (tertiary alicyclic amines) is 1. The molecule has 2 aromatic rings. The molecule has 1 aliphatic rings. The third-order valence-electron chi connectivity index (χ3n) is 5.59. The van der Waals surface area contributed by atoms with Crippen molar-refractivity contribution < 1.29 is 14.3 Å². The molecule has 0 saturated carbocycles. The van der Waals surface area contributed by atoms with Crippen LogP contribution in [0.4, 0.5) is 4.79 Å². The van der Waals surface area contributed by atoms with Gasteiger partial charge in [-0.3, -0.25) is 4.79 Å². The van der Waals surface area contributed by atoms with Crippen LogP contribution in [0, 0.1) is 0 Å². The van der Waals surface area contributed by atoms with Crippen LogP contribution in [-0.4, -0.2) is 61.1 Å². The number of benzene rings is 2. The zero-order valence-electron chi connectivity index (χ0n) is 17.8. The summed E-state index contributed by atoms with van der Waals surface area (Å²) in [7, 11) is 4.15. The summed E-state index contributed by atoms with van der Waals surface area (Å²) in [5, 5.41) is 2.80. The second kappa shape index (κ2) is 10.8. The number of rotatable bonds is 7. The Balaban J connectivity index is 1.62. The van der Waals surface area contributed by atoms with E-state index in [2.05, 4.69) is 24.3 Å². The molecule has 2 amide bonds. The lowest BCUT2D eigenvalue weighted by Crippen LogP contribution is -2.53. The zero-order valence-corrected chi connectivity index (χ0v) is 17.8. The first-order valence-electron chi connectivity index (χ1n) is 10.5. The van der Waals surface area contributed by atoms with Gasteiger partial charge in [-0.2, -0.15) is 0 Å². The van der Waals surface area contributed by atoms with Crippen molar-refractivity contribution >= 4 is 12.0 Å². The largest absolute Gasteiger partial charge is 0.445 e. The van der Waals surface area contributed by atoms with Crippen LogP contribution in [0.1, 0.15) is 24.0 Å². The van der Waals surface area contributed by atoms with Crippen molar-refractivity contribution in [1.82, 2.24) is 15.1 Å². The van der Waals surface area contributed by atoms with Gasteiger partial charge >= 0.3 is 6.09 Å². The first-order chi connectivity index (χ1) is 14.5. The Bertz CT molecular complexity index is 803. The Morgan fingerprint density at radius 3 is 2.13 bits per heavy atom. The van der Waals surface area contributed by atoms with E-state index in [1.165, 1.54) is 0 Å². The van der Waals surface area contributed by atoms with E-state index in [1.54, 1.807) is 0 Å². The summed E-state index contributed by atoms with van der Waals surface area (Å²) in [5.74, 6) is -0.0484. The van der Waals surface area contributed by atoms with Crippen LogP contribution in [0.5, 0.6) is 0 Å². The monoisotopic (exact) mass is 409 g/mol. The van der Waals surface area contributed by atoms with Crippen molar-refractivity contribution in [2.24, 2.45) is 0 Å². The molecule has 1 heterocycles. The number of carbonyl (C=O) groups is 2. The standard InChI is InChI=1S/C24H31N3O3/c1-26(2)21-13-15-27(16-14-21)23(28)22(17-19-9-5-3-6-10-19)25-24(29)30-18-20-11-7-4-8-12-20/h3-12,21-22H,13-18H2,1-2H3,(H,25,29). The molecule has 1 aliphatic heterocycles. The number of amides is 2. The minimum atomic E-state index is -0.647. The number of ether oxygens (including phenoxy) is 1. The SMILES string of the molecule is CN(C)C1CCN(C(=O)C(Cc2ccccc2)NC(=O)OCc2ccccc2)CC1. The first kappa shape index (κ1) is 21.8. The van der Waals surface area contributed by atoms with Crippen molar-refractivity contribution in [2.45, 2.75) is 38.0 Å². The van der Waals surface area contributed by atoms with Crippen LogP contribution in [0.2, 0.25) is 0 Å². The van der Waals surface area contributed by atoms with Gasteiger partial charge in [0, 0.05) is 25.6 Å². The summed E-state index contributed by atoms with van der Waals surface area (Å²) in [6.07, 6.45) is 1.74. The lowest BCUT2D eigenvalue weighted by molar-refractivity contribution is -0.134. The highest BCUT2D eigenvalue weighted by atomic mass is 16.5. The number of nitrogens with zero attached hydrogens (tertiary/aromatic N) is 2. The third kappa shape index (κ3) is 6.32. The molecular formula is C24H31N3O3. The van der Waals surface area contributed by atoms with Gasteiger partial charge in [0.05, 0.1) is 0 Å². The van der Waals surface area contributed by atoms with Gasteiger partial charge in [0.25, 0.3) is 0 Å². The number of carbonyl (C=O) groups excluding carboxylic acids is 2. The minimum absolute atomic E-state index is 0.0484. The summed E-state index contributed by atoms with van der Waals surface area (Å²) in [5.41, 5.74) is 1.91. The molecule has 160 valence electrons. The average Bonchev–Trinajstić information content (AvgIpc) is 2.78. The van der Waals surface area contributed by atoms with Gasteiger partial charge in [0.2, 0.25) is 5.91 Å². The van der Waals surface area contributed by atoms with Gasteiger partial charge in [-0.1, -0.05) is 60.7 Å². The van der Waals surface area contributed by atoms with Gasteiger partial charge in [0.1, 0.15) is 12.6 Å². The van der Waals surface area contributed by atoms with Crippen LogP contribution < -0.4 is 5.32 Å². The molecule has 0 radical (unpaired) electrons. The molecular weight excluding hydrogens is 378 g/mol. The highest BCUT2D eigenvalue weighted by Crippen LogP contribution is 2.16. The fraction of sp³-hybridized carbons (Fsp3) is 0.417. The zero-order chi connectivity index (χ0) is 21.3. The third-order valence-corrected chi connectivity index (χ3v) is 5.59. The molecule has 3 rings (SSSR count). The maximum atomic E-state index is 13.2. The van der Waals surface area contributed by atoms with Crippen molar-refractivity contribution in [3.63, 3.8) is 0 Å². The highest BCUT2D eigenvalue weighted by Gasteiger charge is 2.30. The van der Waals surface area contributed by atoms with Crippen LogP contribution in [-0.2, 0) is 22.6 Å². The summed E-state index contributed by atoms with van der Waals surface area (Å²) in [4.78, 5) is 29.7. The maximum absolute atomic E-state index is 13.2. The molecule has 0 spiro atoms. The van der Waals surface area contributed by atoms with E-state index in [9.17, 15) is 9.59 Å². The van der Waals surface area contributed by atoms with Crippen LogP contribution in [0.15, 0.2) is 60.7 Å². The van der Waals surface area contributed by atoms with Crippen molar-refractivity contribution in [3.05, 3.63) is 71.8 Å². The van der Waals surface area contributed by atoms with Gasteiger partial charge in [-0.05, 0) is 38.1 Å². The molecule has 1 atom stereocenters. The van der Waals surface area contributed by atoms with E-state index in [-0.39, 0.29) is 12.5 Å². The molecule has 6 nitrogen and oxygen atoms in total. The van der Waals surface area contributed by atoms with E-state index < -0.39 is 12.1 Å². The van der Waals surface area contributed by atoms with Crippen LogP contribution in [0.25, 0.3) is 0 Å². The van der Waals surface area contributed by atoms with Gasteiger partial charge in [0.15, 0.2) is 0 Å². The lowest BCUT2D eigenvalue weighted by atomic mass is 10.0. The number of piperidine rings is 1. The number of hydrogen-bond donors (Lipinski definition) is 1. The Morgan fingerprint density at radius 1 is 1.00 bits per heavy atom. The van der Waals surface area contributed by atoms with Crippen LogP contribution >= 0.6 is 0 Å². The van der Waals surface area contributed by atoms with Gasteiger partial charge in [-0.25, -0.2) is 4.79 Å². The highest BCUT2D eigenvalue weighted by molar-refractivity contribution is 5.86. The Kier molecular flexibility index (Phi) is 7.85. The molecule has 2 aromatic carbocycles. The minimum Gasteiger partial charge on any atom is -0.445 e. The second-order valence-corrected chi connectivity index (χ2v) is 7.97. The fourth-order valence-corrected chi connectivity index (χ4v) is 3.78. The first-order valence-corrected chi connectivity index (χ1v) is 10.5. The summed E-state index contributed by atoms with van der Waals surface area (Å²) in [6.45, 7) is 1.58. The summed E-state index contributed by atoms with van der Waals surface area (Å²) < 4.78 is 5.35. The molecule has 0 bridgehead atoms. The normalized spacial score (nSPS) is 15.6. The number of alkyl carbamates (subject to hydrolysis) is 1. The topological polar surface area (TPSA) is 61.9 Å². The molecule has 1 fully saturated rings. The van der Waals surface area contributed by atoms with Crippen molar-refractivity contribution in [1.29, 1.82) is 0 Å². The number of hydrogen-bond acceptors (Lipinski definition) is 4. The summed E-state index contributed by atoms with van der Waals surface area (Å²) in [6, 6.07) is 19.1. The van der Waals surface area contributed by atoms with Crippen molar-refractivity contribution in [2.75, 3.05) is 27.2 Å². The molecule has 30 heavy (non-hydrogen) atoms. The Morgan fingerprint density at radius 2 is 1.57 bits per heavy atom. The average molecular weight is 410 g/mol. The lowest BCUT2D eigenvalue weighted by Gasteiger charge is -2.36. The fourth-order valence-electron chi connectivity index (χ4n) is 3.78. The predicted octanol–water partition coefficient (Wildman–Crippen LogP) is 3.08. The smallest absolute Gasteiger partial charge is 0.408 e. The van der Waals surface area contributed by atoms with E-state index in [0.29, 0.717) is 25.6 Å². The Hall–Kier alpha value is -2.86. The Labute approximate surface area is 178 Å². The maximum Gasteiger partial charge on any atom is 0.408 e. The molecule has 1 saturated heterocycles. The van der Waals surface area contributed by atoms with E-state index in [1.807, 2.05) is 65.6 Å². The second-order valence-electron chi connectivity index (χ2n) is 7.97.